The highest BCUT2D eigenvalue weighted by Gasteiger charge is 2.23. The number of carbonyl (C=O) groups is 2. The summed E-state index contributed by atoms with van der Waals surface area (Å²) in [6.07, 6.45) is 1.50. The summed E-state index contributed by atoms with van der Waals surface area (Å²) >= 11 is 0. The van der Waals surface area contributed by atoms with Crippen LogP contribution in [0.2, 0.25) is 0 Å². The van der Waals surface area contributed by atoms with Gasteiger partial charge in [0.2, 0.25) is 5.91 Å². The number of hydrogen-bond acceptors (Lipinski definition) is 5. The molecule has 1 heterocycles. The van der Waals surface area contributed by atoms with Gasteiger partial charge in [-0.15, -0.1) is 0 Å². The van der Waals surface area contributed by atoms with Crippen LogP contribution >= 0.6 is 0 Å². The molecular formula is C21H32N2O5. The van der Waals surface area contributed by atoms with Gasteiger partial charge in [0.05, 0.1) is 20.8 Å². The minimum absolute atomic E-state index is 0.0965. The number of benzene rings is 1. The predicted molar refractivity (Wildman–Crippen MR) is 107 cm³/mol. The second-order valence-corrected chi connectivity index (χ2v) is 7.41. The van der Waals surface area contributed by atoms with Gasteiger partial charge >= 0.3 is 6.09 Å². The summed E-state index contributed by atoms with van der Waals surface area (Å²) in [4.78, 5) is 28.3. The summed E-state index contributed by atoms with van der Waals surface area (Å²) in [7, 11) is 3.22. The Hall–Kier alpha value is -2.44. The molecule has 0 saturated carbocycles. The maximum Gasteiger partial charge on any atom is 0.409 e. The van der Waals surface area contributed by atoms with Crippen molar-refractivity contribution in [2.45, 2.75) is 33.1 Å². The number of amides is 2. The summed E-state index contributed by atoms with van der Waals surface area (Å²) in [5.41, 5.74) is 0.998. The van der Waals surface area contributed by atoms with Crippen LogP contribution in [-0.2, 0) is 16.0 Å². The molecule has 0 N–H and O–H groups in total. The third-order valence-corrected chi connectivity index (χ3v) is 4.69. The molecule has 1 aliphatic rings. The zero-order valence-corrected chi connectivity index (χ0v) is 17.4. The van der Waals surface area contributed by atoms with Crippen molar-refractivity contribution in [3.63, 3.8) is 0 Å². The van der Waals surface area contributed by atoms with Gasteiger partial charge in [-0.1, -0.05) is 13.8 Å². The number of ether oxygens (including phenoxy) is 3. The van der Waals surface area contributed by atoms with Crippen LogP contribution in [0.25, 0.3) is 0 Å². The maximum atomic E-state index is 12.7. The van der Waals surface area contributed by atoms with E-state index in [0.29, 0.717) is 63.0 Å². The fourth-order valence-electron chi connectivity index (χ4n) is 3.10. The quantitative estimate of drug-likeness (QED) is 0.714. The Morgan fingerprint density at radius 2 is 1.57 bits per heavy atom. The highest BCUT2D eigenvalue weighted by molar-refractivity contribution is 5.76. The van der Waals surface area contributed by atoms with Gasteiger partial charge in [-0.2, -0.15) is 0 Å². The number of methoxy groups -OCH3 is 2. The van der Waals surface area contributed by atoms with Crippen molar-refractivity contribution < 1.29 is 23.8 Å². The van der Waals surface area contributed by atoms with Gasteiger partial charge in [-0.25, -0.2) is 4.79 Å². The highest BCUT2D eigenvalue weighted by atomic mass is 16.6. The van der Waals surface area contributed by atoms with Crippen LogP contribution in [0.4, 0.5) is 4.79 Å². The van der Waals surface area contributed by atoms with E-state index in [4.69, 9.17) is 14.2 Å². The van der Waals surface area contributed by atoms with Crippen LogP contribution in [0.1, 0.15) is 32.3 Å². The SMILES string of the molecule is COc1cc(CCC(=O)N2CCCN(C(=O)OCC(C)C)CC2)cc(OC)c1. The molecule has 0 aliphatic carbocycles. The van der Waals surface area contributed by atoms with Crippen molar-refractivity contribution in [1.29, 1.82) is 0 Å². The monoisotopic (exact) mass is 392 g/mol. The number of aryl methyl sites for hydroxylation is 1. The van der Waals surface area contributed by atoms with E-state index in [0.717, 1.165) is 12.0 Å². The molecule has 1 aromatic rings. The van der Waals surface area contributed by atoms with Gasteiger partial charge in [-0.3, -0.25) is 4.79 Å². The van der Waals surface area contributed by atoms with E-state index >= 15 is 0 Å². The Morgan fingerprint density at radius 3 is 2.18 bits per heavy atom. The lowest BCUT2D eigenvalue weighted by molar-refractivity contribution is -0.131. The van der Waals surface area contributed by atoms with Crippen LogP contribution in [0, 0.1) is 5.92 Å². The molecule has 2 rings (SSSR count). The molecule has 1 fully saturated rings. The van der Waals surface area contributed by atoms with E-state index in [1.54, 1.807) is 19.1 Å². The first-order chi connectivity index (χ1) is 13.4. The molecule has 1 aromatic carbocycles. The maximum absolute atomic E-state index is 12.7. The highest BCUT2D eigenvalue weighted by Crippen LogP contribution is 2.23. The summed E-state index contributed by atoms with van der Waals surface area (Å²) in [5.74, 6) is 1.84. The lowest BCUT2D eigenvalue weighted by atomic mass is 10.1. The Kier molecular flexibility index (Phi) is 8.42. The van der Waals surface area contributed by atoms with Crippen molar-refractivity contribution in [3.05, 3.63) is 23.8 Å². The normalized spacial score (nSPS) is 14.6. The number of rotatable bonds is 7. The molecule has 0 atom stereocenters. The first kappa shape index (κ1) is 21.9. The summed E-state index contributed by atoms with van der Waals surface area (Å²) < 4.78 is 15.9. The zero-order valence-electron chi connectivity index (χ0n) is 17.4. The summed E-state index contributed by atoms with van der Waals surface area (Å²) in [6, 6.07) is 5.66. The Bertz CT molecular complexity index is 640. The van der Waals surface area contributed by atoms with Crippen LogP contribution in [0.15, 0.2) is 18.2 Å². The molecule has 0 spiro atoms. The van der Waals surface area contributed by atoms with Crippen molar-refractivity contribution in [3.8, 4) is 11.5 Å². The molecular weight excluding hydrogens is 360 g/mol. The smallest absolute Gasteiger partial charge is 0.409 e. The van der Waals surface area contributed by atoms with Crippen LogP contribution < -0.4 is 9.47 Å². The Balaban J connectivity index is 1.85. The largest absolute Gasteiger partial charge is 0.497 e. The number of carbonyl (C=O) groups excluding carboxylic acids is 2. The van der Waals surface area contributed by atoms with Crippen molar-refractivity contribution in [2.75, 3.05) is 47.0 Å². The fraction of sp³-hybridized carbons (Fsp3) is 0.619. The first-order valence-electron chi connectivity index (χ1n) is 9.84. The molecule has 1 saturated heterocycles. The predicted octanol–water partition coefficient (Wildman–Crippen LogP) is 2.96. The van der Waals surface area contributed by atoms with Crippen molar-refractivity contribution >= 4 is 12.0 Å². The minimum atomic E-state index is -0.286. The van der Waals surface area contributed by atoms with Gasteiger partial charge in [0.25, 0.3) is 0 Å². The van der Waals surface area contributed by atoms with Gasteiger partial charge in [0.15, 0.2) is 0 Å². The average molecular weight is 392 g/mol. The topological polar surface area (TPSA) is 68.3 Å². The van der Waals surface area contributed by atoms with Crippen LogP contribution in [0.3, 0.4) is 0 Å². The van der Waals surface area contributed by atoms with Gasteiger partial charge < -0.3 is 24.0 Å². The van der Waals surface area contributed by atoms with E-state index in [1.165, 1.54) is 0 Å². The zero-order chi connectivity index (χ0) is 20.5. The lowest BCUT2D eigenvalue weighted by Crippen LogP contribution is -2.38. The van der Waals surface area contributed by atoms with Gasteiger partial charge in [0, 0.05) is 38.7 Å². The first-order valence-corrected chi connectivity index (χ1v) is 9.84. The second kappa shape index (κ2) is 10.8. The van der Waals surface area contributed by atoms with E-state index in [-0.39, 0.29) is 12.0 Å². The Morgan fingerprint density at radius 1 is 0.964 bits per heavy atom. The molecule has 0 bridgehead atoms. The molecule has 156 valence electrons. The number of hydrogen-bond donors (Lipinski definition) is 0. The third kappa shape index (κ3) is 6.62. The second-order valence-electron chi connectivity index (χ2n) is 7.41. The van der Waals surface area contributed by atoms with E-state index in [1.807, 2.05) is 36.9 Å². The molecule has 0 aromatic heterocycles. The summed E-state index contributed by atoms with van der Waals surface area (Å²) in [5, 5.41) is 0. The van der Waals surface area contributed by atoms with Crippen LogP contribution in [0.5, 0.6) is 11.5 Å². The van der Waals surface area contributed by atoms with E-state index in [9.17, 15) is 9.59 Å². The number of nitrogens with zero attached hydrogens (tertiary/aromatic N) is 2. The lowest BCUT2D eigenvalue weighted by Gasteiger charge is -2.22. The molecule has 2 amide bonds. The molecule has 0 unspecified atom stereocenters. The molecule has 7 heteroatoms. The molecule has 1 aliphatic heterocycles. The van der Waals surface area contributed by atoms with Gasteiger partial charge in [0.1, 0.15) is 11.5 Å². The van der Waals surface area contributed by atoms with Crippen LogP contribution in [-0.4, -0.2) is 68.8 Å². The molecule has 28 heavy (non-hydrogen) atoms. The van der Waals surface area contributed by atoms with Crippen molar-refractivity contribution in [2.24, 2.45) is 5.92 Å². The summed E-state index contributed by atoms with van der Waals surface area (Å²) in [6.45, 7) is 6.76. The van der Waals surface area contributed by atoms with E-state index < -0.39 is 0 Å². The molecule has 7 nitrogen and oxygen atoms in total. The third-order valence-electron chi connectivity index (χ3n) is 4.69. The van der Waals surface area contributed by atoms with Gasteiger partial charge in [-0.05, 0) is 36.5 Å². The standard InChI is InChI=1S/C21H32N2O5/c1-16(2)15-28-21(25)23-9-5-8-22(10-11-23)20(24)7-6-17-12-18(26-3)14-19(13-17)27-4/h12-14,16H,5-11,15H2,1-4H3. The minimum Gasteiger partial charge on any atom is -0.497 e. The average Bonchev–Trinajstić information content (AvgIpc) is 2.96. The fourth-order valence-corrected chi connectivity index (χ4v) is 3.10. The van der Waals surface area contributed by atoms with E-state index in [2.05, 4.69) is 0 Å². The molecule has 0 radical (unpaired) electrons. The van der Waals surface area contributed by atoms with Crippen molar-refractivity contribution in [1.82, 2.24) is 9.80 Å². The Labute approximate surface area is 167 Å².